The van der Waals surface area contributed by atoms with Crippen LogP contribution in [0, 0.1) is 11.3 Å². The minimum Gasteiger partial charge on any atom is -0.378 e. The molecular formula is C25H27N7O3S. The number of ether oxygens (including phenoxy) is 1. The second kappa shape index (κ2) is 8.64. The lowest BCUT2D eigenvalue weighted by Crippen LogP contribution is -2.37. The Morgan fingerprint density at radius 1 is 1.19 bits per heavy atom. The second-order valence-corrected chi connectivity index (χ2v) is 12.4. The van der Waals surface area contributed by atoms with Gasteiger partial charge in [0, 0.05) is 30.5 Å². The molecule has 1 saturated heterocycles. The Bertz CT molecular complexity index is 1610. The Labute approximate surface area is 208 Å². The number of imidazole rings is 1. The summed E-state index contributed by atoms with van der Waals surface area (Å²) in [7, 11) is -3.02. The third kappa shape index (κ3) is 4.04. The predicted octanol–water partition coefficient (Wildman–Crippen LogP) is 3.13. The highest BCUT2D eigenvalue weighted by molar-refractivity contribution is 7.91. The summed E-state index contributed by atoms with van der Waals surface area (Å²) >= 11 is 0. The lowest BCUT2D eigenvalue weighted by molar-refractivity contribution is 0.00631. The molecule has 4 aromatic rings. The number of aromatic nitrogens is 6. The normalized spacial score (nSPS) is 24.6. The van der Waals surface area contributed by atoms with E-state index in [4.69, 9.17) is 9.72 Å². The van der Waals surface area contributed by atoms with Crippen LogP contribution in [0.5, 0.6) is 0 Å². The average molecular weight is 506 g/mol. The molecule has 186 valence electrons. The molecule has 11 heteroatoms. The number of nitrogens with zero attached hydrogens (tertiary/aromatic N) is 7. The van der Waals surface area contributed by atoms with Gasteiger partial charge in [0.15, 0.2) is 0 Å². The highest BCUT2D eigenvalue weighted by Crippen LogP contribution is 2.37. The molecule has 0 bridgehead atoms. The van der Waals surface area contributed by atoms with Crippen molar-refractivity contribution in [2.75, 3.05) is 12.9 Å². The lowest BCUT2D eigenvalue weighted by Gasteiger charge is -2.33. The van der Waals surface area contributed by atoms with Gasteiger partial charge in [-0.05, 0) is 50.8 Å². The van der Waals surface area contributed by atoms with Crippen molar-refractivity contribution in [1.29, 1.82) is 5.26 Å². The molecule has 0 spiro atoms. The highest BCUT2D eigenvalue weighted by Gasteiger charge is 2.38. The number of rotatable bonds is 5. The number of hydrogen-bond donors (Lipinski definition) is 0. The van der Waals surface area contributed by atoms with Crippen molar-refractivity contribution >= 4 is 31.8 Å². The van der Waals surface area contributed by atoms with Crippen molar-refractivity contribution in [1.82, 2.24) is 29.5 Å². The maximum absolute atomic E-state index is 11.8. The van der Waals surface area contributed by atoms with Crippen LogP contribution in [0.25, 0.3) is 21.9 Å². The molecule has 0 N–H and O–H groups in total. The van der Waals surface area contributed by atoms with Crippen LogP contribution in [0.1, 0.15) is 61.8 Å². The zero-order valence-electron chi connectivity index (χ0n) is 20.2. The van der Waals surface area contributed by atoms with Gasteiger partial charge in [-0.25, -0.2) is 18.1 Å². The van der Waals surface area contributed by atoms with Crippen molar-refractivity contribution in [2.24, 2.45) is 0 Å². The Balaban J connectivity index is 1.40. The van der Waals surface area contributed by atoms with Crippen molar-refractivity contribution in [3.63, 3.8) is 0 Å². The van der Waals surface area contributed by atoms with Crippen LogP contribution < -0.4 is 0 Å². The number of sulfone groups is 1. The third-order valence-electron chi connectivity index (χ3n) is 7.49. The molecule has 6 rings (SSSR count). The molecule has 10 nitrogen and oxygen atoms in total. The molecule has 0 amide bonds. The minimum atomic E-state index is -3.02. The molecule has 2 aliphatic rings. The Morgan fingerprint density at radius 3 is 2.78 bits per heavy atom. The quantitative estimate of drug-likeness (QED) is 0.405. The first-order valence-corrected chi connectivity index (χ1v) is 14.2. The summed E-state index contributed by atoms with van der Waals surface area (Å²) in [5.74, 6) is 0.871. The Hall–Kier alpha value is -3.36. The third-order valence-corrected chi connectivity index (χ3v) is 9.08. The van der Waals surface area contributed by atoms with Crippen molar-refractivity contribution < 1.29 is 13.2 Å². The van der Waals surface area contributed by atoms with Crippen LogP contribution in [0.2, 0.25) is 0 Å². The summed E-state index contributed by atoms with van der Waals surface area (Å²) in [6.07, 6.45) is 8.49. The maximum atomic E-state index is 11.8. The van der Waals surface area contributed by atoms with E-state index in [1.807, 2.05) is 18.3 Å². The zero-order chi connectivity index (χ0) is 25.0. The molecular weight excluding hydrogens is 478 g/mol. The first-order valence-electron chi connectivity index (χ1n) is 12.2. The maximum Gasteiger partial charge on any atom is 0.150 e. The fourth-order valence-corrected chi connectivity index (χ4v) is 6.60. The van der Waals surface area contributed by atoms with E-state index in [2.05, 4.69) is 32.9 Å². The molecule has 1 aliphatic heterocycles. The van der Waals surface area contributed by atoms with Gasteiger partial charge in [0.25, 0.3) is 0 Å². The minimum absolute atomic E-state index is 0.0543. The SMILES string of the molecule is C[C@@H]1CC(n2c(Cc3cn(C4CC(S(C)(=O)=O)C4)nn3)nc3cnc4ccc(C#N)cc4c32)CCO1. The molecule has 3 aromatic heterocycles. The molecule has 4 heterocycles. The topological polar surface area (TPSA) is 129 Å². The van der Waals surface area contributed by atoms with Gasteiger partial charge in [0.1, 0.15) is 21.2 Å². The zero-order valence-corrected chi connectivity index (χ0v) is 21.0. The van der Waals surface area contributed by atoms with Crippen LogP contribution >= 0.6 is 0 Å². The number of nitriles is 1. The van der Waals surface area contributed by atoms with Gasteiger partial charge in [-0.3, -0.25) is 4.98 Å². The van der Waals surface area contributed by atoms with Gasteiger partial charge in [-0.2, -0.15) is 5.26 Å². The molecule has 1 aliphatic carbocycles. The fraction of sp³-hybridized carbons (Fsp3) is 0.480. The van der Waals surface area contributed by atoms with Crippen LogP contribution in [-0.2, 0) is 21.0 Å². The molecule has 2 atom stereocenters. The second-order valence-electron chi connectivity index (χ2n) is 10.0. The number of fused-ring (bicyclic) bond motifs is 3. The molecule has 0 radical (unpaired) electrons. The summed E-state index contributed by atoms with van der Waals surface area (Å²) in [6.45, 7) is 2.77. The first kappa shape index (κ1) is 23.1. The van der Waals surface area contributed by atoms with E-state index in [-0.39, 0.29) is 23.4 Å². The summed E-state index contributed by atoms with van der Waals surface area (Å²) in [6, 6.07) is 8.04. The highest BCUT2D eigenvalue weighted by atomic mass is 32.2. The molecule has 1 unspecified atom stereocenters. The lowest BCUT2D eigenvalue weighted by atomic mass is 9.92. The largest absolute Gasteiger partial charge is 0.378 e. The first-order chi connectivity index (χ1) is 17.3. The summed E-state index contributed by atoms with van der Waals surface area (Å²) in [5.41, 5.74) is 3.96. The average Bonchev–Trinajstić information content (AvgIpc) is 3.41. The Morgan fingerprint density at radius 2 is 2.03 bits per heavy atom. The van der Waals surface area contributed by atoms with Crippen LogP contribution in [0.3, 0.4) is 0 Å². The van der Waals surface area contributed by atoms with E-state index >= 15 is 0 Å². The van der Waals surface area contributed by atoms with E-state index in [1.165, 1.54) is 6.26 Å². The van der Waals surface area contributed by atoms with Crippen molar-refractivity contribution in [3.05, 3.63) is 47.7 Å². The predicted molar refractivity (Wildman–Crippen MR) is 133 cm³/mol. The van der Waals surface area contributed by atoms with Crippen LogP contribution in [0.15, 0.2) is 30.6 Å². The monoisotopic (exact) mass is 505 g/mol. The van der Waals surface area contributed by atoms with Crippen molar-refractivity contribution in [2.45, 2.75) is 62.5 Å². The fourth-order valence-electron chi connectivity index (χ4n) is 5.46. The van der Waals surface area contributed by atoms with E-state index in [9.17, 15) is 13.7 Å². The summed E-state index contributed by atoms with van der Waals surface area (Å²) < 4.78 is 33.5. The standard InChI is InChI=1S/C25H27N7O3S/c1-15-7-18(5-6-35-15)32-24(9-17-14-31(30-29-17)19-10-20(11-19)36(2,33)34)28-23-13-27-22-4-3-16(12-26)8-21(22)25(23)32/h3-4,8,13-15,18-20H,5-7,9-11H2,1-2H3/t15-,18?,19?,20?/m1/s1. The van der Waals surface area contributed by atoms with Gasteiger partial charge in [-0.1, -0.05) is 5.21 Å². The van der Waals surface area contributed by atoms with E-state index in [1.54, 1.807) is 16.9 Å². The summed E-state index contributed by atoms with van der Waals surface area (Å²) in [4.78, 5) is 9.55. The summed E-state index contributed by atoms with van der Waals surface area (Å²) in [5, 5.41) is 18.8. The molecule has 36 heavy (non-hydrogen) atoms. The van der Waals surface area contributed by atoms with E-state index < -0.39 is 9.84 Å². The number of hydrogen-bond acceptors (Lipinski definition) is 8. The van der Waals surface area contributed by atoms with Gasteiger partial charge < -0.3 is 9.30 Å². The number of benzene rings is 1. The van der Waals surface area contributed by atoms with Gasteiger partial charge in [0.05, 0.1) is 58.4 Å². The van der Waals surface area contributed by atoms with Gasteiger partial charge >= 0.3 is 0 Å². The van der Waals surface area contributed by atoms with Gasteiger partial charge in [0.2, 0.25) is 0 Å². The Kier molecular flexibility index (Phi) is 5.53. The van der Waals surface area contributed by atoms with Crippen molar-refractivity contribution in [3.8, 4) is 6.07 Å². The number of pyridine rings is 1. The van der Waals surface area contributed by atoms with E-state index in [0.717, 1.165) is 46.3 Å². The molecule has 1 saturated carbocycles. The van der Waals surface area contributed by atoms with Crippen LogP contribution in [0.4, 0.5) is 0 Å². The van der Waals surface area contributed by atoms with Crippen LogP contribution in [-0.4, -0.2) is 62.2 Å². The van der Waals surface area contributed by atoms with Gasteiger partial charge in [-0.15, -0.1) is 5.10 Å². The molecule has 1 aromatic carbocycles. The smallest absolute Gasteiger partial charge is 0.150 e. The van der Waals surface area contributed by atoms with E-state index in [0.29, 0.717) is 31.4 Å². The molecule has 2 fully saturated rings.